The van der Waals surface area contributed by atoms with Gasteiger partial charge >= 0.3 is 0 Å². The molecule has 0 saturated carbocycles. The lowest BCUT2D eigenvalue weighted by Gasteiger charge is -2.20. The fourth-order valence-corrected chi connectivity index (χ4v) is 3.29. The minimum atomic E-state index is -3.32. The number of rotatable bonds is 9. The van der Waals surface area contributed by atoms with E-state index in [1.54, 1.807) is 0 Å². The first-order valence-electron chi connectivity index (χ1n) is 6.77. The number of carbonyl (C=O) groups excluding carboxylic acids is 1. The van der Waals surface area contributed by atoms with Crippen LogP contribution in [-0.4, -0.2) is 37.9 Å². The third kappa shape index (κ3) is 6.37. The molecule has 0 unspecified atom stereocenters. The van der Waals surface area contributed by atoms with Gasteiger partial charge in [-0.2, -0.15) is 0 Å². The molecular weight excluding hydrogens is 290 g/mol. The largest absolute Gasteiger partial charge is 0.396 e. The van der Waals surface area contributed by atoms with Crippen LogP contribution >= 0.6 is 0 Å². The van der Waals surface area contributed by atoms with Crippen molar-refractivity contribution in [1.29, 1.82) is 0 Å². The van der Waals surface area contributed by atoms with Crippen molar-refractivity contribution in [2.45, 2.75) is 12.8 Å². The second kappa shape index (κ2) is 8.26. The van der Waals surface area contributed by atoms with E-state index in [1.165, 1.54) is 6.54 Å². The Hall–Kier alpha value is -1.24. The molecule has 1 rings (SSSR count). The first kappa shape index (κ1) is 17.8. The van der Waals surface area contributed by atoms with Crippen LogP contribution in [0, 0.1) is 18.4 Å². The number of sulfone groups is 1. The van der Waals surface area contributed by atoms with Crippen LogP contribution < -0.4 is 5.73 Å². The highest BCUT2D eigenvalue weighted by Gasteiger charge is 2.28. The summed E-state index contributed by atoms with van der Waals surface area (Å²) < 4.78 is 22.7. The monoisotopic (exact) mass is 312 g/mol. The van der Waals surface area contributed by atoms with Crippen LogP contribution in [0.2, 0.25) is 0 Å². The molecule has 0 bridgehead atoms. The lowest BCUT2D eigenvalue weighted by atomic mass is 9.86. The zero-order valence-electron chi connectivity index (χ0n) is 12.1. The van der Waals surface area contributed by atoms with Crippen molar-refractivity contribution in [2.24, 2.45) is 17.6 Å². The minimum absolute atomic E-state index is 0.256. The third-order valence-electron chi connectivity index (χ3n) is 3.27. The molecule has 0 saturated heterocycles. The van der Waals surface area contributed by atoms with E-state index in [-0.39, 0.29) is 11.5 Å². The van der Waals surface area contributed by atoms with E-state index in [9.17, 15) is 18.3 Å². The number of aliphatic hydroxyl groups excluding tert-OH is 1. The number of nitrogens with two attached hydrogens (primary N) is 1. The van der Waals surface area contributed by atoms with Gasteiger partial charge in [0.1, 0.15) is 15.6 Å². The first-order valence-corrected chi connectivity index (χ1v) is 8.83. The molecule has 0 fully saturated rings. The maximum atomic E-state index is 12.4. The van der Waals surface area contributed by atoms with Gasteiger partial charge < -0.3 is 10.8 Å². The smallest absolute Gasteiger partial charge is 0.148 e. The number of hydrogen-bond donors (Lipinski definition) is 2. The summed E-state index contributed by atoms with van der Waals surface area (Å²) in [6.07, 6.45) is 1.89. The van der Waals surface area contributed by atoms with Gasteiger partial charge in [0.25, 0.3) is 0 Å². The predicted octanol–water partition coefficient (Wildman–Crippen LogP) is 0.578. The Morgan fingerprint density at radius 1 is 1.29 bits per heavy atom. The highest BCUT2D eigenvalue weighted by atomic mass is 32.2. The number of Topliss-reactive ketones (excluding diaryl/α,β-unsaturated/α-hetero) is 1. The van der Waals surface area contributed by atoms with Crippen molar-refractivity contribution >= 4 is 15.6 Å². The van der Waals surface area contributed by atoms with Gasteiger partial charge in [-0.05, 0) is 18.4 Å². The number of benzene rings is 1. The standard InChI is InChI=1S/C15H22NO4S/c1-21(19,20)11-14(10-17)15(18)13(7-8-16)9-12-5-3-2-4-6-12/h2-6,8,13-14,17H,7,9-11,16H2,1H3/t13-,14-/m1/s1. The summed E-state index contributed by atoms with van der Waals surface area (Å²) >= 11 is 0. The van der Waals surface area contributed by atoms with E-state index in [2.05, 4.69) is 0 Å². The summed E-state index contributed by atoms with van der Waals surface area (Å²) in [5, 5.41) is 9.32. The van der Waals surface area contributed by atoms with Crippen LogP contribution in [0.1, 0.15) is 12.0 Å². The first-order chi connectivity index (χ1) is 9.87. The van der Waals surface area contributed by atoms with E-state index in [0.29, 0.717) is 12.8 Å². The van der Waals surface area contributed by atoms with Crippen LogP contribution in [0.4, 0.5) is 0 Å². The molecule has 1 aromatic rings. The lowest BCUT2D eigenvalue weighted by Crippen LogP contribution is -2.33. The van der Waals surface area contributed by atoms with Crippen LogP contribution in [0.15, 0.2) is 30.3 Å². The second-order valence-corrected chi connectivity index (χ2v) is 7.42. The number of aliphatic hydroxyl groups is 1. The highest BCUT2D eigenvalue weighted by molar-refractivity contribution is 7.90. The van der Waals surface area contributed by atoms with Crippen molar-refractivity contribution < 1.29 is 18.3 Å². The van der Waals surface area contributed by atoms with Gasteiger partial charge in [0.15, 0.2) is 0 Å². The molecular formula is C15H22NO4S. The van der Waals surface area contributed by atoms with Crippen molar-refractivity contribution in [2.75, 3.05) is 18.6 Å². The van der Waals surface area contributed by atoms with E-state index in [0.717, 1.165) is 11.8 Å². The summed E-state index contributed by atoms with van der Waals surface area (Å²) in [4.78, 5) is 12.4. The van der Waals surface area contributed by atoms with Gasteiger partial charge in [-0.15, -0.1) is 0 Å². The quantitative estimate of drug-likeness (QED) is 0.695. The average molecular weight is 312 g/mol. The molecule has 0 aliphatic carbocycles. The summed E-state index contributed by atoms with van der Waals surface area (Å²) in [6, 6.07) is 9.45. The predicted molar refractivity (Wildman–Crippen MR) is 82.0 cm³/mol. The Bertz CT molecular complexity index is 542. The topological polar surface area (TPSA) is 97.5 Å². The highest BCUT2D eigenvalue weighted by Crippen LogP contribution is 2.19. The molecule has 1 radical (unpaired) electrons. The van der Waals surface area contributed by atoms with E-state index in [4.69, 9.17) is 5.73 Å². The Kier molecular flexibility index (Phi) is 7.01. The van der Waals surface area contributed by atoms with Crippen molar-refractivity contribution in [3.05, 3.63) is 42.4 Å². The zero-order chi connectivity index (χ0) is 15.9. The normalized spacial score (nSPS) is 14.6. The van der Waals surface area contributed by atoms with Gasteiger partial charge in [0.2, 0.25) is 0 Å². The maximum Gasteiger partial charge on any atom is 0.148 e. The fraction of sp³-hybridized carbons (Fsp3) is 0.467. The molecule has 0 amide bonds. The van der Waals surface area contributed by atoms with E-state index >= 15 is 0 Å². The molecule has 0 aliphatic rings. The molecule has 1 aromatic carbocycles. The van der Waals surface area contributed by atoms with Crippen LogP contribution in [0.5, 0.6) is 0 Å². The van der Waals surface area contributed by atoms with Gasteiger partial charge in [-0.25, -0.2) is 8.42 Å². The molecule has 2 atom stereocenters. The Morgan fingerprint density at radius 3 is 2.38 bits per heavy atom. The Balaban J connectivity index is 2.85. The lowest BCUT2D eigenvalue weighted by molar-refractivity contribution is -0.127. The molecule has 0 heterocycles. The third-order valence-corrected chi connectivity index (χ3v) is 4.28. The molecule has 5 nitrogen and oxygen atoms in total. The molecule has 0 aromatic heterocycles. The van der Waals surface area contributed by atoms with Crippen LogP contribution in [0.25, 0.3) is 0 Å². The molecule has 0 aliphatic heterocycles. The molecule has 117 valence electrons. The van der Waals surface area contributed by atoms with Crippen molar-refractivity contribution in [3.63, 3.8) is 0 Å². The molecule has 3 N–H and O–H groups in total. The van der Waals surface area contributed by atoms with Gasteiger partial charge in [-0.3, -0.25) is 4.79 Å². The maximum absolute atomic E-state index is 12.4. The summed E-state index contributed by atoms with van der Waals surface area (Å²) in [5.74, 6) is -1.91. The Morgan fingerprint density at radius 2 is 1.90 bits per heavy atom. The number of ketones is 1. The van der Waals surface area contributed by atoms with Crippen LogP contribution in [-0.2, 0) is 21.1 Å². The fourth-order valence-electron chi connectivity index (χ4n) is 2.29. The summed E-state index contributed by atoms with van der Waals surface area (Å²) in [5.41, 5.74) is 6.41. The van der Waals surface area contributed by atoms with Gasteiger partial charge in [-0.1, -0.05) is 30.3 Å². The summed E-state index contributed by atoms with van der Waals surface area (Å²) in [6.45, 7) is 0.933. The van der Waals surface area contributed by atoms with Gasteiger partial charge in [0.05, 0.1) is 18.3 Å². The SMILES string of the molecule is CS(=O)(=O)C[C@@H](CO)C(=O)[C@H](C[CH]N)Cc1ccccc1. The molecule has 6 heteroatoms. The average Bonchev–Trinajstić information content (AvgIpc) is 2.44. The van der Waals surface area contributed by atoms with E-state index in [1.807, 2.05) is 30.3 Å². The Labute approximate surface area is 126 Å². The summed E-state index contributed by atoms with van der Waals surface area (Å²) in [7, 11) is -3.32. The van der Waals surface area contributed by atoms with Crippen molar-refractivity contribution in [1.82, 2.24) is 0 Å². The molecule has 21 heavy (non-hydrogen) atoms. The van der Waals surface area contributed by atoms with Crippen LogP contribution in [0.3, 0.4) is 0 Å². The van der Waals surface area contributed by atoms with E-state index < -0.39 is 28.3 Å². The van der Waals surface area contributed by atoms with Crippen molar-refractivity contribution in [3.8, 4) is 0 Å². The zero-order valence-corrected chi connectivity index (χ0v) is 12.9. The number of hydrogen-bond acceptors (Lipinski definition) is 5. The molecule has 0 spiro atoms. The van der Waals surface area contributed by atoms with Gasteiger partial charge in [0, 0.05) is 18.7 Å². The number of carbonyl (C=O) groups is 1. The minimum Gasteiger partial charge on any atom is -0.396 e. The second-order valence-electron chi connectivity index (χ2n) is 5.23.